The van der Waals surface area contributed by atoms with Crippen LogP contribution in [0.1, 0.15) is 63.2 Å². The van der Waals surface area contributed by atoms with Crippen molar-refractivity contribution in [2.75, 3.05) is 13.2 Å². The van der Waals surface area contributed by atoms with Gasteiger partial charge in [-0.2, -0.15) is 0 Å². The normalized spacial score (nSPS) is 14.8. The number of hydrogen-bond acceptors (Lipinski definition) is 9. The predicted octanol–water partition coefficient (Wildman–Crippen LogP) is 6.70. The van der Waals surface area contributed by atoms with Gasteiger partial charge in [-0.3, -0.25) is 0 Å². The van der Waals surface area contributed by atoms with Crippen LogP contribution in [-0.2, 0) is 24.1 Å². The summed E-state index contributed by atoms with van der Waals surface area (Å²) in [5.41, 5.74) is 0.228. The zero-order valence-corrected chi connectivity index (χ0v) is 26.1. The van der Waals surface area contributed by atoms with Crippen molar-refractivity contribution in [1.29, 1.82) is 0 Å². The zero-order valence-electron chi connectivity index (χ0n) is 25.2. The van der Waals surface area contributed by atoms with E-state index in [2.05, 4.69) is 6.58 Å². The summed E-state index contributed by atoms with van der Waals surface area (Å²) in [6, 6.07) is 18.5. The van der Waals surface area contributed by atoms with Crippen molar-refractivity contribution in [3.05, 3.63) is 90.5 Å². The van der Waals surface area contributed by atoms with Gasteiger partial charge >= 0.3 is 11.9 Å². The molecule has 1 unspecified atom stereocenters. The maximum Gasteiger partial charge on any atom is 0.342 e. The fourth-order valence-electron chi connectivity index (χ4n) is 4.87. The van der Waals surface area contributed by atoms with E-state index in [9.17, 15) is 18.0 Å². The third kappa shape index (κ3) is 8.27. The third-order valence-electron chi connectivity index (χ3n) is 7.40. The number of esters is 2. The van der Waals surface area contributed by atoms with Crippen molar-refractivity contribution >= 4 is 21.8 Å². The van der Waals surface area contributed by atoms with Gasteiger partial charge < -0.3 is 23.7 Å². The lowest BCUT2D eigenvalue weighted by atomic mass is 9.98. The summed E-state index contributed by atoms with van der Waals surface area (Å²) in [6.07, 6.45) is 4.02. The molecule has 0 aliphatic heterocycles. The Kier molecular flexibility index (Phi) is 10.8. The van der Waals surface area contributed by atoms with Crippen molar-refractivity contribution < 1.29 is 41.7 Å². The van der Waals surface area contributed by atoms with Crippen LogP contribution in [-0.4, -0.2) is 45.5 Å². The van der Waals surface area contributed by atoms with Crippen LogP contribution in [0.5, 0.6) is 17.2 Å². The molecule has 1 aliphatic rings. The van der Waals surface area contributed by atoms with Crippen LogP contribution < -0.4 is 14.2 Å². The first-order valence-electron chi connectivity index (χ1n) is 14.6. The van der Waals surface area contributed by atoms with Crippen molar-refractivity contribution in [2.45, 2.75) is 74.6 Å². The van der Waals surface area contributed by atoms with Gasteiger partial charge in [0.15, 0.2) is 6.29 Å². The molecule has 1 aliphatic carbocycles. The van der Waals surface area contributed by atoms with Gasteiger partial charge in [-0.1, -0.05) is 25.6 Å². The maximum atomic E-state index is 13.1. The first kappa shape index (κ1) is 32.8. The highest BCUT2D eigenvalue weighted by Gasteiger charge is 2.36. The highest BCUT2D eigenvalue weighted by Crippen LogP contribution is 2.37. The zero-order chi connectivity index (χ0) is 31.7. The van der Waals surface area contributed by atoms with E-state index in [1.807, 2.05) is 6.92 Å². The van der Waals surface area contributed by atoms with Gasteiger partial charge in [0.1, 0.15) is 35.0 Å². The second kappa shape index (κ2) is 14.5. The van der Waals surface area contributed by atoms with Gasteiger partial charge in [-0.25, -0.2) is 18.0 Å². The lowest BCUT2D eigenvalue weighted by Gasteiger charge is -2.28. The lowest BCUT2D eigenvalue weighted by molar-refractivity contribution is -0.130. The molecule has 1 fully saturated rings. The third-order valence-corrected chi connectivity index (χ3v) is 9.18. The molecule has 234 valence electrons. The minimum Gasteiger partial charge on any atom is -0.490 e. The summed E-state index contributed by atoms with van der Waals surface area (Å²) < 4.78 is 54.5. The van der Waals surface area contributed by atoms with Crippen LogP contribution in [0, 0.1) is 0 Å². The fraction of sp³-hybridized carbons (Fsp3) is 0.353. The standard InChI is InChI=1S/C34H38O9S/c1-5-34(20-8-9-21-34)43-33(36)30-10-6-7-11-31(30)40-23-22-39-25(4)41-26-12-16-28(17-13-26)44(37,38)29-18-14-27(15-19-29)42-32(35)24(2)3/h6-7,10-19,25H,2,5,8-9,20-23H2,1,3-4H3. The summed E-state index contributed by atoms with van der Waals surface area (Å²) in [5, 5.41) is 0. The number of benzene rings is 3. The van der Waals surface area contributed by atoms with E-state index < -0.39 is 27.7 Å². The molecule has 0 saturated heterocycles. The maximum absolute atomic E-state index is 13.1. The molecule has 0 radical (unpaired) electrons. The Labute approximate surface area is 258 Å². The van der Waals surface area contributed by atoms with Crippen molar-refractivity contribution in [3.63, 3.8) is 0 Å². The average molecular weight is 623 g/mol. The molecule has 0 N–H and O–H groups in total. The number of ether oxygens (including phenoxy) is 5. The monoisotopic (exact) mass is 622 g/mol. The summed E-state index contributed by atoms with van der Waals surface area (Å²) in [7, 11) is -3.81. The Morgan fingerprint density at radius 1 is 0.886 bits per heavy atom. The van der Waals surface area contributed by atoms with Crippen LogP contribution in [0.2, 0.25) is 0 Å². The Balaban J connectivity index is 1.26. The molecule has 3 aromatic carbocycles. The molecule has 0 amide bonds. The molecule has 10 heteroatoms. The molecular formula is C34H38O9S. The first-order valence-corrected chi connectivity index (χ1v) is 16.1. The molecular weight excluding hydrogens is 584 g/mol. The second-order valence-corrected chi connectivity index (χ2v) is 12.6. The Hall–Kier alpha value is -4.15. The van der Waals surface area contributed by atoms with E-state index >= 15 is 0 Å². The minimum atomic E-state index is -3.81. The van der Waals surface area contributed by atoms with E-state index in [1.54, 1.807) is 43.3 Å². The Morgan fingerprint density at radius 3 is 2.07 bits per heavy atom. The van der Waals surface area contributed by atoms with Gasteiger partial charge in [0.2, 0.25) is 9.84 Å². The quantitative estimate of drug-likeness (QED) is 0.0637. The van der Waals surface area contributed by atoms with Crippen molar-refractivity contribution in [1.82, 2.24) is 0 Å². The molecule has 1 atom stereocenters. The van der Waals surface area contributed by atoms with E-state index in [-0.39, 0.29) is 40.3 Å². The van der Waals surface area contributed by atoms with Gasteiger partial charge in [0, 0.05) is 5.57 Å². The van der Waals surface area contributed by atoms with Crippen LogP contribution in [0.15, 0.2) is 94.7 Å². The molecule has 1 saturated carbocycles. The molecule has 0 aromatic heterocycles. The number of carbonyl (C=O) groups is 2. The van der Waals surface area contributed by atoms with E-state index in [0.717, 1.165) is 32.1 Å². The highest BCUT2D eigenvalue weighted by atomic mass is 32.2. The highest BCUT2D eigenvalue weighted by molar-refractivity contribution is 7.91. The topological polar surface area (TPSA) is 114 Å². The van der Waals surface area contributed by atoms with Crippen molar-refractivity contribution in [3.8, 4) is 17.2 Å². The van der Waals surface area contributed by atoms with Crippen LogP contribution in [0.25, 0.3) is 0 Å². The van der Waals surface area contributed by atoms with Gasteiger partial charge in [0.05, 0.1) is 16.4 Å². The SMILES string of the molecule is C=C(C)C(=O)Oc1ccc(S(=O)(=O)c2ccc(OC(C)OCCOc3ccccc3C(=O)OC3(CC)CCCC3)cc2)cc1. The predicted molar refractivity (Wildman–Crippen MR) is 164 cm³/mol. The number of hydrogen-bond donors (Lipinski definition) is 0. The largest absolute Gasteiger partial charge is 0.490 e. The number of carbonyl (C=O) groups excluding carboxylic acids is 2. The fourth-order valence-corrected chi connectivity index (χ4v) is 6.13. The van der Waals surface area contributed by atoms with Crippen LogP contribution >= 0.6 is 0 Å². The molecule has 0 spiro atoms. The Morgan fingerprint density at radius 2 is 1.48 bits per heavy atom. The average Bonchev–Trinajstić information content (AvgIpc) is 3.49. The number of para-hydroxylation sites is 1. The van der Waals surface area contributed by atoms with E-state index in [1.165, 1.54) is 43.3 Å². The van der Waals surface area contributed by atoms with Gasteiger partial charge in [0.25, 0.3) is 0 Å². The van der Waals surface area contributed by atoms with Gasteiger partial charge in [-0.15, -0.1) is 0 Å². The summed E-state index contributed by atoms with van der Waals surface area (Å²) >= 11 is 0. The van der Waals surface area contributed by atoms with E-state index in [4.69, 9.17) is 23.7 Å². The summed E-state index contributed by atoms with van der Waals surface area (Å²) in [4.78, 5) is 24.8. The molecule has 0 bridgehead atoms. The Bertz CT molecular complexity index is 1550. The number of rotatable bonds is 14. The molecule has 9 nitrogen and oxygen atoms in total. The van der Waals surface area contributed by atoms with Gasteiger partial charge in [-0.05, 0) is 107 Å². The lowest BCUT2D eigenvalue weighted by Crippen LogP contribution is -2.31. The van der Waals surface area contributed by atoms with Crippen LogP contribution in [0.3, 0.4) is 0 Å². The first-order chi connectivity index (χ1) is 21.0. The summed E-state index contributed by atoms with van der Waals surface area (Å²) in [6.45, 7) is 9.17. The summed E-state index contributed by atoms with van der Waals surface area (Å²) in [5.74, 6) is 0.0978. The molecule has 44 heavy (non-hydrogen) atoms. The second-order valence-electron chi connectivity index (χ2n) is 10.7. The molecule has 4 rings (SSSR count). The number of sulfone groups is 1. The molecule has 0 heterocycles. The van der Waals surface area contributed by atoms with Crippen molar-refractivity contribution in [2.24, 2.45) is 0 Å². The van der Waals surface area contributed by atoms with E-state index in [0.29, 0.717) is 17.1 Å². The molecule has 3 aromatic rings. The van der Waals surface area contributed by atoms with Crippen LogP contribution in [0.4, 0.5) is 0 Å². The minimum absolute atomic E-state index is 0.0521. The smallest absolute Gasteiger partial charge is 0.342 e.